The summed E-state index contributed by atoms with van der Waals surface area (Å²) < 4.78 is 32.4. The zero-order valence-electron chi connectivity index (χ0n) is 13.5. The molecule has 1 N–H and O–H groups in total. The maximum absolute atomic E-state index is 12.1. The molecule has 1 saturated heterocycles. The fourth-order valence-corrected chi connectivity index (χ4v) is 3.91. The van der Waals surface area contributed by atoms with Gasteiger partial charge in [0.1, 0.15) is 0 Å². The molecule has 2 atom stereocenters. The monoisotopic (exact) mass is 326 g/mol. The molecule has 1 fully saturated rings. The molecule has 2 rings (SSSR count). The summed E-state index contributed by atoms with van der Waals surface area (Å²) in [5.41, 5.74) is 1.14. The third kappa shape index (κ3) is 4.97. The maximum Gasteiger partial charge on any atom is 0.214 e. The predicted molar refractivity (Wildman–Crippen MR) is 89.7 cm³/mol. The molecule has 0 saturated carbocycles. The molecule has 5 nitrogen and oxygen atoms in total. The highest BCUT2D eigenvalue weighted by Crippen LogP contribution is 2.25. The summed E-state index contributed by atoms with van der Waals surface area (Å²) >= 11 is 0. The minimum absolute atomic E-state index is 0.0153. The highest BCUT2D eigenvalue weighted by atomic mass is 32.2. The van der Waals surface area contributed by atoms with E-state index < -0.39 is 10.0 Å². The maximum atomic E-state index is 12.1. The fraction of sp³-hybridized carbons (Fsp3) is 0.625. The lowest BCUT2D eigenvalue weighted by atomic mass is 10.2. The van der Waals surface area contributed by atoms with E-state index >= 15 is 0 Å². The van der Waals surface area contributed by atoms with Crippen LogP contribution in [0, 0.1) is 0 Å². The second-order valence-corrected chi connectivity index (χ2v) is 8.00. The summed E-state index contributed by atoms with van der Waals surface area (Å²) in [5.74, 6) is 0.0153. The molecule has 0 spiro atoms. The predicted octanol–water partition coefficient (Wildman–Crippen LogP) is 2.00. The van der Waals surface area contributed by atoms with Crippen LogP contribution in [0.3, 0.4) is 0 Å². The normalized spacial score (nSPS) is 22.5. The molecule has 22 heavy (non-hydrogen) atoms. The topological polar surface area (TPSA) is 58.6 Å². The average molecular weight is 326 g/mol. The Labute approximate surface area is 133 Å². The van der Waals surface area contributed by atoms with Crippen LogP contribution in [0.2, 0.25) is 0 Å². The average Bonchev–Trinajstić information content (AvgIpc) is 2.79. The van der Waals surface area contributed by atoms with Crippen LogP contribution in [0.5, 0.6) is 0 Å². The van der Waals surface area contributed by atoms with Gasteiger partial charge in [0.05, 0.1) is 18.5 Å². The highest BCUT2D eigenvalue weighted by molar-refractivity contribution is 7.89. The molecule has 1 aliphatic heterocycles. The van der Waals surface area contributed by atoms with Gasteiger partial charge in [-0.05, 0) is 39.3 Å². The molecule has 6 heteroatoms. The Bertz CT molecular complexity index is 560. The quantitative estimate of drug-likeness (QED) is 0.832. The van der Waals surface area contributed by atoms with E-state index in [1.54, 1.807) is 0 Å². The molecule has 124 valence electrons. The number of hydrogen-bond acceptors (Lipinski definition) is 4. The van der Waals surface area contributed by atoms with Gasteiger partial charge in [-0.25, -0.2) is 13.1 Å². The molecule has 0 radical (unpaired) electrons. The first-order valence-electron chi connectivity index (χ1n) is 7.80. The van der Waals surface area contributed by atoms with Crippen LogP contribution in [0.25, 0.3) is 0 Å². The van der Waals surface area contributed by atoms with Gasteiger partial charge < -0.3 is 9.64 Å². The molecule has 0 unspecified atom stereocenters. The summed E-state index contributed by atoms with van der Waals surface area (Å²) in [6.45, 7) is 6.86. The van der Waals surface area contributed by atoms with Crippen LogP contribution >= 0.6 is 0 Å². The van der Waals surface area contributed by atoms with E-state index in [9.17, 15) is 8.42 Å². The van der Waals surface area contributed by atoms with Gasteiger partial charge >= 0.3 is 0 Å². The van der Waals surface area contributed by atoms with Crippen molar-refractivity contribution in [1.82, 2.24) is 4.72 Å². The zero-order chi connectivity index (χ0) is 16.2. The fourth-order valence-electron chi connectivity index (χ4n) is 2.80. The van der Waals surface area contributed by atoms with E-state index in [0.29, 0.717) is 12.6 Å². The summed E-state index contributed by atoms with van der Waals surface area (Å²) in [6, 6.07) is 10.4. The van der Waals surface area contributed by atoms with Crippen molar-refractivity contribution in [2.24, 2.45) is 0 Å². The first kappa shape index (κ1) is 17.2. The van der Waals surface area contributed by atoms with Crippen molar-refractivity contribution >= 4 is 15.7 Å². The molecule has 0 amide bonds. The van der Waals surface area contributed by atoms with Crippen LogP contribution < -0.4 is 9.62 Å². The van der Waals surface area contributed by atoms with Gasteiger partial charge in [0.2, 0.25) is 10.0 Å². The smallest absolute Gasteiger partial charge is 0.214 e. The largest absolute Gasteiger partial charge is 0.378 e. The van der Waals surface area contributed by atoms with Gasteiger partial charge in [0.25, 0.3) is 0 Å². The standard InChI is InChI=1S/C16H26N2O3S/c1-13(2)21-9-10-22(19,20)17-15-11-14(3)18(12-15)16-7-5-4-6-8-16/h4-8,13-15,17H,9-12H2,1-3H3/t14-,15+/m1/s1. The number of hydrogen-bond donors (Lipinski definition) is 1. The van der Waals surface area contributed by atoms with Crippen LogP contribution in [0.15, 0.2) is 30.3 Å². The lowest BCUT2D eigenvalue weighted by molar-refractivity contribution is 0.0911. The molecule has 1 aliphatic rings. The van der Waals surface area contributed by atoms with Gasteiger partial charge in [-0.3, -0.25) is 0 Å². The summed E-state index contributed by atoms with van der Waals surface area (Å²) in [4.78, 5) is 2.25. The molecule has 0 aromatic heterocycles. The van der Waals surface area contributed by atoms with Gasteiger partial charge in [-0.2, -0.15) is 0 Å². The van der Waals surface area contributed by atoms with E-state index in [1.165, 1.54) is 0 Å². The third-order valence-corrected chi connectivity index (χ3v) is 5.21. The molecule has 1 heterocycles. The molecule has 1 aromatic carbocycles. The molecule has 1 aromatic rings. The second kappa shape index (κ2) is 7.44. The highest BCUT2D eigenvalue weighted by Gasteiger charge is 2.31. The Morgan fingerprint density at radius 2 is 2.00 bits per heavy atom. The van der Waals surface area contributed by atoms with Crippen LogP contribution in [0.1, 0.15) is 27.2 Å². The lowest BCUT2D eigenvalue weighted by Gasteiger charge is -2.23. The lowest BCUT2D eigenvalue weighted by Crippen LogP contribution is -2.39. The Balaban J connectivity index is 1.89. The Morgan fingerprint density at radius 3 is 2.64 bits per heavy atom. The first-order chi connectivity index (χ1) is 10.4. The van der Waals surface area contributed by atoms with Crippen LogP contribution in [0.4, 0.5) is 5.69 Å². The molecule has 0 aliphatic carbocycles. The van der Waals surface area contributed by atoms with Crippen molar-refractivity contribution in [2.75, 3.05) is 23.8 Å². The number of rotatable bonds is 7. The Morgan fingerprint density at radius 1 is 1.32 bits per heavy atom. The summed E-state index contributed by atoms with van der Waals surface area (Å²) in [7, 11) is -3.29. The van der Waals surface area contributed by atoms with Crippen molar-refractivity contribution in [3.8, 4) is 0 Å². The van der Waals surface area contributed by atoms with E-state index in [2.05, 4.69) is 28.7 Å². The zero-order valence-corrected chi connectivity index (χ0v) is 14.3. The van der Waals surface area contributed by atoms with E-state index in [4.69, 9.17) is 4.74 Å². The summed E-state index contributed by atoms with van der Waals surface area (Å²) in [5, 5.41) is 0. The van der Waals surface area contributed by atoms with Gasteiger partial charge in [0, 0.05) is 24.3 Å². The van der Waals surface area contributed by atoms with Gasteiger partial charge in [-0.1, -0.05) is 18.2 Å². The van der Waals surface area contributed by atoms with E-state index in [0.717, 1.165) is 12.1 Å². The second-order valence-electron chi connectivity index (χ2n) is 6.13. The third-order valence-electron chi connectivity index (χ3n) is 3.81. The van der Waals surface area contributed by atoms with E-state index in [1.807, 2.05) is 32.0 Å². The van der Waals surface area contributed by atoms with Gasteiger partial charge in [-0.15, -0.1) is 0 Å². The van der Waals surface area contributed by atoms with Crippen molar-refractivity contribution in [1.29, 1.82) is 0 Å². The SMILES string of the molecule is CC(C)OCCS(=O)(=O)N[C@H]1C[C@@H](C)N(c2ccccc2)C1. The van der Waals surface area contributed by atoms with Crippen molar-refractivity contribution < 1.29 is 13.2 Å². The number of ether oxygens (including phenoxy) is 1. The Kier molecular flexibility index (Phi) is 5.83. The number of nitrogens with zero attached hydrogens (tertiary/aromatic N) is 1. The van der Waals surface area contributed by atoms with Crippen LogP contribution in [-0.2, 0) is 14.8 Å². The summed E-state index contributed by atoms with van der Waals surface area (Å²) in [6.07, 6.45) is 0.870. The molecular formula is C16H26N2O3S. The van der Waals surface area contributed by atoms with Crippen molar-refractivity contribution in [3.63, 3.8) is 0 Å². The molecule has 0 bridgehead atoms. The number of anilines is 1. The van der Waals surface area contributed by atoms with Crippen molar-refractivity contribution in [2.45, 2.75) is 45.4 Å². The minimum Gasteiger partial charge on any atom is -0.378 e. The molecular weight excluding hydrogens is 300 g/mol. The van der Waals surface area contributed by atoms with Crippen molar-refractivity contribution in [3.05, 3.63) is 30.3 Å². The number of para-hydroxylation sites is 1. The van der Waals surface area contributed by atoms with E-state index in [-0.39, 0.29) is 24.5 Å². The first-order valence-corrected chi connectivity index (χ1v) is 9.46. The van der Waals surface area contributed by atoms with Gasteiger partial charge in [0.15, 0.2) is 0 Å². The minimum atomic E-state index is -3.29. The number of nitrogens with one attached hydrogen (secondary N) is 1. The Hall–Kier alpha value is -1.11. The van der Waals surface area contributed by atoms with Crippen LogP contribution in [-0.4, -0.2) is 45.5 Å². The number of sulfonamides is 1. The number of benzene rings is 1.